The number of aromatic nitrogens is 3. The van der Waals surface area contributed by atoms with E-state index in [0.717, 1.165) is 33.3 Å². The Morgan fingerprint density at radius 3 is 2.71 bits per heavy atom. The molecule has 210 valence electrons. The minimum absolute atomic E-state index is 0.0201. The van der Waals surface area contributed by atoms with E-state index < -0.39 is 9.84 Å². The van der Waals surface area contributed by atoms with Gasteiger partial charge in [0.05, 0.1) is 46.7 Å². The maximum absolute atomic E-state index is 13.2. The summed E-state index contributed by atoms with van der Waals surface area (Å²) in [5, 5.41) is 16.6. The number of carbonyl (C=O) groups excluding carboxylic acids is 1. The van der Waals surface area contributed by atoms with Crippen LogP contribution in [0.25, 0.3) is 22.0 Å². The van der Waals surface area contributed by atoms with Crippen LogP contribution in [0.15, 0.2) is 79.4 Å². The number of ether oxygens (including phenoxy) is 1. The van der Waals surface area contributed by atoms with E-state index in [0.29, 0.717) is 42.3 Å². The second kappa shape index (κ2) is 11.0. The molecule has 2 N–H and O–H groups in total. The number of anilines is 3. The average Bonchev–Trinajstić information content (AvgIpc) is 3.29. The van der Waals surface area contributed by atoms with Crippen LogP contribution in [0.2, 0.25) is 0 Å². The number of pyridine rings is 2. The van der Waals surface area contributed by atoms with Gasteiger partial charge in [0.15, 0.2) is 11.4 Å². The molecule has 0 spiro atoms. The lowest BCUT2D eigenvalue weighted by atomic mass is 10.0. The van der Waals surface area contributed by atoms with Crippen LogP contribution in [-0.2, 0) is 22.8 Å². The summed E-state index contributed by atoms with van der Waals surface area (Å²) in [5.74, 6) is 0.225. The number of fused-ring (bicyclic) bond motifs is 3. The molecule has 0 bridgehead atoms. The van der Waals surface area contributed by atoms with Crippen molar-refractivity contribution < 1.29 is 17.9 Å². The normalized spacial score (nSPS) is 12.4. The number of carbonyl (C=O) groups is 1. The molecule has 6 rings (SSSR count). The lowest BCUT2D eigenvalue weighted by molar-refractivity contribution is 0.102. The van der Waals surface area contributed by atoms with Crippen LogP contribution in [0.4, 0.5) is 17.1 Å². The van der Waals surface area contributed by atoms with Crippen molar-refractivity contribution in [2.45, 2.75) is 13.0 Å². The molecule has 10 nitrogen and oxygen atoms in total. The Morgan fingerprint density at radius 1 is 1.00 bits per heavy atom. The van der Waals surface area contributed by atoms with E-state index in [4.69, 9.17) is 4.74 Å². The molecule has 11 heteroatoms. The third-order valence-electron chi connectivity index (χ3n) is 7.09. The van der Waals surface area contributed by atoms with Crippen molar-refractivity contribution in [3.8, 4) is 22.9 Å². The smallest absolute Gasteiger partial charge is 0.257 e. The number of amides is 1. The molecule has 0 unspecified atom stereocenters. The maximum Gasteiger partial charge on any atom is 0.257 e. The van der Waals surface area contributed by atoms with Gasteiger partial charge in [-0.2, -0.15) is 5.26 Å². The van der Waals surface area contributed by atoms with E-state index in [1.165, 1.54) is 6.26 Å². The van der Waals surface area contributed by atoms with Crippen LogP contribution < -0.4 is 15.4 Å². The molecule has 2 aromatic carbocycles. The minimum Gasteiger partial charge on any atom is -0.490 e. The molecule has 5 aromatic rings. The zero-order valence-electron chi connectivity index (χ0n) is 22.7. The van der Waals surface area contributed by atoms with Gasteiger partial charge in [-0.05, 0) is 53.6 Å². The molecule has 0 fully saturated rings. The van der Waals surface area contributed by atoms with E-state index in [2.05, 4.69) is 20.6 Å². The van der Waals surface area contributed by atoms with Crippen LogP contribution in [0.1, 0.15) is 21.6 Å². The van der Waals surface area contributed by atoms with Crippen molar-refractivity contribution in [1.82, 2.24) is 14.5 Å². The Balaban J connectivity index is 1.25. The maximum atomic E-state index is 13.2. The molecule has 0 radical (unpaired) electrons. The van der Waals surface area contributed by atoms with E-state index in [-0.39, 0.29) is 17.4 Å². The summed E-state index contributed by atoms with van der Waals surface area (Å²) in [7, 11) is -3.14. The molecule has 42 heavy (non-hydrogen) atoms. The van der Waals surface area contributed by atoms with Gasteiger partial charge in [0.2, 0.25) is 0 Å². The highest BCUT2D eigenvalue weighted by molar-refractivity contribution is 7.90. The number of nitrogens with one attached hydrogen (secondary N) is 2. The van der Waals surface area contributed by atoms with E-state index in [1.54, 1.807) is 36.8 Å². The number of nitrogens with zero attached hydrogens (tertiary/aromatic N) is 4. The first-order chi connectivity index (χ1) is 20.3. The Morgan fingerprint density at radius 2 is 1.88 bits per heavy atom. The van der Waals surface area contributed by atoms with Gasteiger partial charge >= 0.3 is 0 Å². The van der Waals surface area contributed by atoms with Gasteiger partial charge in [0.1, 0.15) is 15.9 Å². The van der Waals surface area contributed by atoms with Gasteiger partial charge in [-0.15, -0.1) is 0 Å². The predicted molar refractivity (Wildman–Crippen MR) is 161 cm³/mol. The molecule has 0 atom stereocenters. The number of hydrogen-bond acceptors (Lipinski definition) is 8. The standard InChI is InChI=1S/C31H26N6O4S/c1-42(39,40)14-12-37-19-24(22-8-11-33-18-29(22)37)21-5-6-23-26(16-21)35-25-7-4-20(15-27(25)36-31(23)38)9-13-41-30-3-2-10-34-28(30)17-32/h2-8,10-11,15-16,18-19,35H,9,12-14H2,1H3,(H,36,38). The Labute approximate surface area is 242 Å². The zero-order chi connectivity index (χ0) is 29.3. The number of hydrogen-bond donors (Lipinski definition) is 2. The Hall–Kier alpha value is -5.21. The first kappa shape index (κ1) is 27.0. The first-order valence-corrected chi connectivity index (χ1v) is 15.3. The lowest BCUT2D eigenvalue weighted by Gasteiger charge is -2.12. The number of nitriles is 1. The quantitative estimate of drug-likeness (QED) is 0.264. The Bertz CT molecular complexity index is 1990. The zero-order valence-corrected chi connectivity index (χ0v) is 23.5. The fraction of sp³-hybridized carbons (Fsp3) is 0.161. The second-order valence-electron chi connectivity index (χ2n) is 10.0. The molecule has 1 amide bonds. The third-order valence-corrected chi connectivity index (χ3v) is 8.01. The van der Waals surface area contributed by atoms with Crippen LogP contribution in [-0.4, -0.2) is 47.5 Å². The second-order valence-corrected chi connectivity index (χ2v) is 12.3. The topological polar surface area (TPSA) is 139 Å². The molecular weight excluding hydrogens is 552 g/mol. The van der Waals surface area contributed by atoms with Crippen molar-refractivity contribution in [3.05, 3.63) is 96.2 Å². The number of sulfone groups is 1. The third kappa shape index (κ3) is 5.53. The lowest BCUT2D eigenvalue weighted by Crippen LogP contribution is -2.11. The summed E-state index contributed by atoms with van der Waals surface area (Å²) in [6, 6.07) is 18.8. The molecule has 0 saturated carbocycles. The van der Waals surface area contributed by atoms with Crippen LogP contribution in [0.3, 0.4) is 0 Å². The molecule has 0 saturated heterocycles. The molecular formula is C31H26N6O4S. The number of aryl methyl sites for hydroxylation is 1. The van der Waals surface area contributed by atoms with Crippen molar-refractivity contribution in [2.24, 2.45) is 0 Å². The number of rotatable bonds is 8. The summed E-state index contributed by atoms with van der Waals surface area (Å²) in [6.45, 7) is 0.659. The highest BCUT2D eigenvalue weighted by Crippen LogP contribution is 2.37. The summed E-state index contributed by atoms with van der Waals surface area (Å²) < 4.78 is 31.3. The minimum atomic E-state index is -3.14. The SMILES string of the molecule is CS(=O)(=O)CCn1cc(-c2ccc3c(c2)Nc2ccc(CCOc4cccnc4C#N)cc2NC3=O)c2ccncc21. The van der Waals surface area contributed by atoms with Gasteiger partial charge < -0.3 is 19.9 Å². The fourth-order valence-corrected chi connectivity index (χ4v) is 5.52. The molecule has 1 aliphatic heterocycles. The largest absolute Gasteiger partial charge is 0.490 e. The van der Waals surface area contributed by atoms with Gasteiger partial charge in [-0.3, -0.25) is 9.78 Å². The van der Waals surface area contributed by atoms with E-state index >= 15 is 0 Å². The van der Waals surface area contributed by atoms with Gasteiger partial charge in [0, 0.05) is 48.8 Å². The summed E-state index contributed by atoms with van der Waals surface area (Å²) in [6.07, 6.45) is 8.71. The summed E-state index contributed by atoms with van der Waals surface area (Å²) in [5.41, 5.74) is 6.40. The summed E-state index contributed by atoms with van der Waals surface area (Å²) in [4.78, 5) is 21.5. The van der Waals surface area contributed by atoms with Gasteiger partial charge in [-0.25, -0.2) is 13.4 Å². The molecule has 4 heterocycles. The van der Waals surface area contributed by atoms with E-state index in [9.17, 15) is 18.5 Å². The van der Waals surface area contributed by atoms with Crippen molar-refractivity contribution in [2.75, 3.05) is 29.2 Å². The molecule has 1 aliphatic rings. The van der Waals surface area contributed by atoms with Gasteiger partial charge in [-0.1, -0.05) is 12.1 Å². The van der Waals surface area contributed by atoms with Crippen molar-refractivity contribution in [1.29, 1.82) is 5.26 Å². The first-order valence-electron chi connectivity index (χ1n) is 13.2. The van der Waals surface area contributed by atoms with Crippen LogP contribution in [0, 0.1) is 11.3 Å². The molecule has 3 aromatic heterocycles. The monoisotopic (exact) mass is 578 g/mol. The molecule has 0 aliphatic carbocycles. The fourth-order valence-electron chi connectivity index (χ4n) is 4.99. The van der Waals surface area contributed by atoms with Crippen LogP contribution in [0.5, 0.6) is 5.75 Å². The van der Waals surface area contributed by atoms with E-state index in [1.807, 2.05) is 53.2 Å². The average molecular weight is 579 g/mol. The van der Waals surface area contributed by atoms with Gasteiger partial charge in [0.25, 0.3) is 5.91 Å². The Kier molecular flexibility index (Phi) is 7.06. The van der Waals surface area contributed by atoms with Crippen molar-refractivity contribution in [3.63, 3.8) is 0 Å². The predicted octanol–water partition coefficient (Wildman–Crippen LogP) is 4.95. The highest BCUT2D eigenvalue weighted by Gasteiger charge is 2.21. The highest BCUT2D eigenvalue weighted by atomic mass is 32.2. The number of benzene rings is 2. The van der Waals surface area contributed by atoms with Crippen LogP contribution >= 0.6 is 0 Å². The van der Waals surface area contributed by atoms with Crippen molar-refractivity contribution >= 4 is 43.7 Å². The summed E-state index contributed by atoms with van der Waals surface area (Å²) >= 11 is 0.